The molecule has 2 aromatic carbocycles. The van der Waals surface area contributed by atoms with Crippen LogP contribution in [0.3, 0.4) is 0 Å². The molecule has 1 aliphatic heterocycles. The van der Waals surface area contributed by atoms with Crippen molar-refractivity contribution < 1.29 is 14.3 Å². The predicted molar refractivity (Wildman–Crippen MR) is 99.6 cm³/mol. The fourth-order valence-electron chi connectivity index (χ4n) is 2.29. The zero-order valence-electron chi connectivity index (χ0n) is 12.9. The molecule has 1 aliphatic rings. The van der Waals surface area contributed by atoms with Crippen molar-refractivity contribution in [1.29, 1.82) is 0 Å². The van der Waals surface area contributed by atoms with E-state index < -0.39 is 5.37 Å². The molecule has 1 N–H and O–H groups in total. The van der Waals surface area contributed by atoms with Crippen LogP contribution in [-0.2, 0) is 4.79 Å². The van der Waals surface area contributed by atoms with Crippen LogP contribution < -0.4 is 15.0 Å². The van der Waals surface area contributed by atoms with Crippen molar-refractivity contribution in [3.63, 3.8) is 0 Å². The minimum absolute atomic E-state index is 0.277. The summed E-state index contributed by atoms with van der Waals surface area (Å²) in [7, 11) is 0. The molecule has 24 heavy (non-hydrogen) atoms. The third-order valence-corrected chi connectivity index (χ3v) is 4.86. The Morgan fingerprint density at radius 3 is 2.42 bits per heavy atom. The molecule has 2 amide bonds. The van der Waals surface area contributed by atoms with E-state index in [0.29, 0.717) is 12.3 Å². The zero-order chi connectivity index (χ0) is 17.1. The van der Waals surface area contributed by atoms with E-state index in [0.717, 1.165) is 27.7 Å². The quantitative estimate of drug-likeness (QED) is 0.792. The molecule has 1 fully saturated rings. The van der Waals surface area contributed by atoms with E-state index in [-0.39, 0.29) is 11.1 Å². The minimum atomic E-state index is -0.640. The Bertz CT molecular complexity index is 749. The number of benzene rings is 2. The Labute approximate surface area is 152 Å². The molecular weight excluding hydrogens is 392 g/mol. The van der Waals surface area contributed by atoms with Crippen LogP contribution in [0.1, 0.15) is 6.92 Å². The highest BCUT2D eigenvalue weighted by atomic mass is 79.9. The molecule has 0 saturated carbocycles. The Morgan fingerprint density at radius 2 is 1.79 bits per heavy atom. The van der Waals surface area contributed by atoms with Crippen molar-refractivity contribution in [1.82, 2.24) is 0 Å². The van der Waals surface area contributed by atoms with Crippen LogP contribution >= 0.6 is 27.7 Å². The van der Waals surface area contributed by atoms with Gasteiger partial charge in [-0.1, -0.05) is 15.9 Å². The summed E-state index contributed by atoms with van der Waals surface area (Å²) in [6, 6.07) is 14.4. The third kappa shape index (κ3) is 3.57. The number of amides is 2. The van der Waals surface area contributed by atoms with Gasteiger partial charge in [-0.15, -0.1) is 0 Å². The zero-order valence-corrected chi connectivity index (χ0v) is 15.3. The van der Waals surface area contributed by atoms with Crippen molar-refractivity contribution in [3.8, 4) is 5.75 Å². The summed E-state index contributed by atoms with van der Waals surface area (Å²) in [6.45, 7) is 2.52. The second-order valence-corrected chi connectivity index (χ2v) is 6.99. The first kappa shape index (κ1) is 16.9. The Kier molecular flexibility index (Phi) is 5.11. The molecule has 0 unspecified atom stereocenters. The highest BCUT2D eigenvalue weighted by molar-refractivity contribution is 9.10. The van der Waals surface area contributed by atoms with Crippen LogP contribution in [0.5, 0.6) is 5.75 Å². The average molecular weight is 407 g/mol. The summed E-state index contributed by atoms with van der Waals surface area (Å²) in [4.78, 5) is 26.0. The van der Waals surface area contributed by atoms with Gasteiger partial charge in [0.1, 0.15) is 5.75 Å². The molecule has 124 valence electrons. The van der Waals surface area contributed by atoms with Crippen LogP contribution in [-0.4, -0.2) is 23.1 Å². The fraction of sp³-hybridized carbons (Fsp3) is 0.176. The molecule has 0 aromatic heterocycles. The summed E-state index contributed by atoms with van der Waals surface area (Å²) in [5, 5.41) is 2.16. The maximum absolute atomic E-state index is 12.6. The number of rotatable bonds is 5. The summed E-state index contributed by atoms with van der Waals surface area (Å²) in [5.41, 5.74) is 1.33. The molecule has 2 aromatic rings. The molecule has 1 atom stereocenters. The molecule has 5 nitrogen and oxygen atoms in total. The van der Waals surface area contributed by atoms with E-state index in [1.165, 1.54) is 4.90 Å². The first-order valence-corrected chi connectivity index (χ1v) is 9.05. The molecule has 0 bridgehead atoms. The van der Waals surface area contributed by atoms with E-state index in [4.69, 9.17) is 4.74 Å². The molecule has 0 radical (unpaired) electrons. The van der Waals surface area contributed by atoms with Crippen LogP contribution in [0.15, 0.2) is 53.0 Å². The normalized spacial score (nSPS) is 17.2. The van der Waals surface area contributed by atoms with E-state index in [1.807, 2.05) is 31.2 Å². The first-order valence-electron chi connectivity index (χ1n) is 7.38. The number of carbonyl (C=O) groups excluding carboxylic acids is 2. The monoisotopic (exact) mass is 406 g/mol. The van der Waals surface area contributed by atoms with Crippen LogP contribution in [0.4, 0.5) is 16.2 Å². The molecule has 1 saturated heterocycles. The summed E-state index contributed by atoms with van der Waals surface area (Å²) in [5.74, 6) is 0.488. The number of anilines is 2. The predicted octanol–water partition coefficient (Wildman–Crippen LogP) is 4.49. The van der Waals surface area contributed by atoms with Gasteiger partial charge in [-0.3, -0.25) is 9.59 Å². The van der Waals surface area contributed by atoms with Gasteiger partial charge in [-0.2, -0.15) is 0 Å². The van der Waals surface area contributed by atoms with Crippen molar-refractivity contribution in [2.24, 2.45) is 0 Å². The number of thioether (sulfide) groups is 1. The van der Waals surface area contributed by atoms with Crippen LogP contribution in [0.25, 0.3) is 0 Å². The van der Waals surface area contributed by atoms with Gasteiger partial charge in [0.05, 0.1) is 12.3 Å². The second kappa shape index (κ2) is 7.27. The number of imide groups is 1. The Hall–Kier alpha value is -1.99. The summed E-state index contributed by atoms with van der Waals surface area (Å²) >= 11 is 4.31. The smallest absolute Gasteiger partial charge is 0.295 e. The van der Waals surface area contributed by atoms with Gasteiger partial charge in [-0.25, -0.2) is 4.90 Å². The summed E-state index contributed by atoms with van der Waals surface area (Å²) < 4.78 is 6.28. The van der Waals surface area contributed by atoms with E-state index in [1.54, 1.807) is 24.3 Å². The standard InChI is InChI=1S/C17H15BrN2O3S/c1-2-23-14-9-5-12(6-10-14)19-15-16(21)20(17(22)24-15)13-7-3-11(18)4-8-13/h3-10,15,19H,2H2,1H3/t15-/m1/s1. The van der Waals surface area contributed by atoms with E-state index in [2.05, 4.69) is 21.2 Å². The maximum Gasteiger partial charge on any atom is 0.295 e. The highest BCUT2D eigenvalue weighted by Crippen LogP contribution is 2.33. The molecule has 7 heteroatoms. The largest absolute Gasteiger partial charge is 0.494 e. The fourth-order valence-corrected chi connectivity index (χ4v) is 3.46. The van der Waals surface area contributed by atoms with Crippen LogP contribution in [0, 0.1) is 0 Å². The topological polar surface area (TPSA) is 58.6 Å². The third-order valence-electron chi connectivity index (χ3n) is 3.39. The molecule has 3 rings (SSSR count). The van der Waals surface area contributed by atoms with Crippen molar-refractivity contribution in [2.45, 2.75) is 12.3 Å². The van der Waals surface area contributed by atoms with Crippen LogP contribution in [0.2, 0.25) is 0 Å². The van der Waals surface area contributed by atoms with Gasteiger partial charge < -0.3 is 10.1 Å². The molecule has 0 aliphatic carbocycles. The maximum atomic E-state index is 12.6. The van der Waals surface area contributed by atoms with Gasteiger partial charge >= 0.3 is 0 Å². The Balaban J connectivity index is 1.72. The lowest BCUT2D eigenvalue weighted by Crippen LogP contribution is -2.34. The molecular formula is C17H15BrN2O3S. The number of nitrogens with zero attached hydrogens (tertiary/aromatic N) is 1. The van der Waals surface area contributed by atoms with Gasteiger partial charge in [0.15, 0.2) is 5.37 Å². The lowest BCUT2D eigenvalue weighted by molar-refractivity contribution is -0.116. The number of ether oxygens (including phenoxy) is 1. The SMILES string of the molecule is CCOc1ccc(N[C@@H]2SC(=O)N(c3ccc(Br)cc3)C2=O)cc1. The van der Waals surface area contributed by atoms with Gasteiger partial charge in [0.2, 0.25) is 0 Å². The lowest BCUT2D eigenvalue weighted by atomic mass is 10.3. The first-order chi connectivity index (χ1) is 11.6. The van der Waals surface area contributed by atoms with Gasteiger partial charge in [0, 0.05) is 10.2 Å². The number of hydrogen-bond donors (Lipinski definition) is 1. The number of halogens is 1. The number of nitrogens with one attached hydrogen (secondary N) is 1. The summed E-state index contributed by atoms with van der Waals surface area (Å²) in [6.07, 6.45) is 0. The van der Waals surface area contributed by atoms with Crippen molar-refractivity contribution in [3.05, 3.63) is 53.0 Å². The number of hydrogen-bond acceptors (Lipinski definition) is 5. The van der Waals surface area contributed by atoms with Crippen molar-refractivity contribution in [2.75, 3.05) is 16.8 Å². The highest BCUT2D eigenvalue weighted by Gasteiger charge is 2.40. The Morgan fingerprint density at radius 1 is 1.12 bits per heavy atom. The lowest BCUT2D eigenvalue weighted by Gasteiger charge is -2.15. The second-order valence-electron chi connectivity index (χ2n) is 5.02. The molecule has 0 spiro atoms. The van der Waals surface area contributed by atoms with Crippen molar-refractivity contribution >= 4 is 50.2 Å². The van der Waals surface area contributed by atoms with Gasteiger partial charge in [-0.05, 0) is 67.2 Å². The minimum Gasteiger partial charge on any atom is -0.494 e. The number of carbonyl (C=O) groups is 2. The van der Waals surface area contributed by atoms with E-state index >= 15 is 0 Å². The van der Waals surface area contributed by atoms with E-state index in [9.17, 15) is 9.59 Å². The van der Waals surface area contributed by atoms with Gasteiger partial charge in [0.25, 0.3) is 11.1 Å². The molecule has 1 heterocycles. The average Bonchev–Trinajstić information content (AvgIpc) is 2.85.